The van der Waals surface area contributed by atoms with E-state index in [2.05, 4.69) is 6.07 Å². The Morgan fingerprint density at radius 1 is 1.38 bits per heavy atom. The van der Waals surface area contributed by atoms with Gasteiger partial charge in [-0.2, -0.15) is 0 Å². The fourth-order valence-electron chi connectivity index (χ4n) is 1.26. The van der Waals surface area contributed by atoms with E-state index in [1.165, 1.54) is 16.9 Å². The number of fused-ring (bicyclic) bond motifs is 1. The molecule has 0 amide bonds. The van der Waals surface area contributed by atoms with Crippen LogP contribution in [0, 0.1) is 6.92 Å². The summed E-state index contributed by atoms with van der Waals surface area (Å²) in [6, 6.07) is 7.93. The summed E-state index contributed by atoms with van der Waals surface area (Å²) < 4.78 is 1.11. The van der Waals surface area contributed by atoms with Crippen LogP contribution in [0.2, 0.25) is 0 Å². The molecule has 1 nitrogen and oxygen atoms in total. The number of thiophene rings is 1. The van der Waals surface area contributed by atoms with Crippen molar-refractivity contribution >= 4 is 38.3 Å². The zero-order chi connectivity index (χ0) is 9.42. The molecule has 0 saturated heterocycles. The minimum Gasteiger partial charge on any atom is -0.275 e. The van der Waals surface area contributed by atoms with Crippen LogP contribution in [0.4, 0.5) is 0 Å². The first kappa shape index (κ1) is 8.73. The van der Waals surface area contributed by atoms with E-state index in [-0.39, 0.29) is 5.24 Å². The van der Waals surface area contributed by atoms with Gasteiger partial charge in [-0.15, -0.1) is 11.3 Å². The number of hydrogen-bond acceptors (Lipinski definition) is 2. The minimum absolute atomic E-state index is 0.376. The van der Waals surface area contributed by atoms with Gasteiger partial charge in [-0.05, 0) is 36.0 Å². The largest absolute Gasteiger partial charge is 0.275 e. The zero-order valence-corrected chi connectivity index (χ0v) is 8.58. The molecule has 1 aromatic heterocycles. The van der Waals surface area contributed by atoms with Gasteiger partial charge in [0, 0.05) is 4.70 Å². The molecule has 0 fully saturated rings. The first-order valence-electron chi connectivity index (χ1n) is 3.87. The van der Waals surface area contributed by atoms with Crippen molar-refractivity contribution in [1.29, 1.82) is 0 Å². The lowest BCUT2D eigenvalue weighted by Gasteiger charge is -1.89. The maximum absolute atomic E-state index is 10.9. The summed E-state index contributed by atoms with van der Waals surface area (Å²) in [5, 5.41) is 0.716. The summed E-state index contributed by atoms with van der Waals surface area (Å²) in [6.07, 6.45) is 0. The van der Waals surface area contributed by atoms with Gasteiger partial charge in [0.1, 0.15) is 0 Å². The Morgan fingerprint density at radius 3 is 2.85 bits per heavy atom. The van der Waals surface area contributed by atoms with E-state index >= 15 is 0 Å². The Labute approximate surface area is 84.9 Å². The van der Waals surface area contributed by atoms with Crippen LogP contribution in [-0.2, 0) is 0 Å². The van der Waals surface area contributed by atoms with Crippen molar-refractivity contribution in [2.45, 2.75) is 6.92 Å². The molecule has 0 aliphatic heterocycles. The van der Waals surface area contributed by atoms with Crippen LogP contribution in [0.3, 0.4) is 0 Å². The summed E-state index contributed by atoms with van der Waals surface area (Å²) in [5.41, 5.74) is 1.19. The van der Waals surface area contributed by atoms with E-state index in [0.717, 1.165) is 10.1 Å². The predicted octanol–water partition coefficient (Wildman–Crippen LogP) is 3.59. The Morgan fingerprint density at radius 2 is 2.15 bits per heavy atom. The van der Waals surface area contributed by atoms with Crippen molar-refractivity contribution in [3.63, 3.8) is 0 Å². The molecule has 3 heteroatoms. The Hall–Kier alpha value is -0.860. The summed E-state index contributed by atoms with van der Waals surface area (Å²) >= 11 is 6.82. The zero-order valence-electron chi connectivity index (χ0n) is 7.00. The highest BCUT2D eigenvalue weighted by Gasteiger charge is 2.06. The highest BCUT2D eigenvalue weighted by atomic mass is 35.5. The van der Waals surface area contributed by atoms with Crippen LogP contribution in [0.15, 0.2) is 24.3 Å². The van der Waals surface area contributed by atoms with Crippen molar-refractivity contribution in [2.24, 2.45) is 0 Å². The number of carbonyl (C=O) groups is 1. The molecule has 0 N–H and O–H groups in total. The molecule has 0 unspecified atom stereocenters. The van der Waals surface area contributed by atoms with Crippen LogP contribution in [0.25, 0.3) is 10.1 Å². The molecule has 2 rings (SSSR count). The summed E-state index contributed by atoms with van der Waals surface area (Å²) in [7, 11) is 0. The molecule has 0 aliphatic rings. The Kier molecular flexibility index (Phi) is 2.10. The lowest BCUT2D eigenvalue weighted by Crippen LogP contribution is -1.78. The lowest BCUT2D eigenvalue weighted by molar-refractivity contribution is 0.108. The highest BCUT2D eigenvalue weighted by molar-refractivity contribution is 7.22. The van der Waals surface area contributed by atoms with Crippen LogP contribution in [0.1, 0.15) is 15.2 Å². The maximum Gasteiger partial charge on any atom is 0.262 e. The summed E-state index contributed by atoms with van der Waals surface area (Å²) in [5.74, 6) is 0. The monoisotopic (exact) mass is 210 g/mol. The number of aryl methyl sites for hydroxylation is 1. The van der Waals surface area contributed by atoms with Crippen LogP contribution in [0.5, 0.6) is 0 Å². The second kappa shape index (κ2) is 3.13. The molecular weight excluding hydrogens is 204 g/mol. The van der Waals surface area contributed by atoms with Crippen LogP contribution >= 0.6 is 22.9 Å². The quantitative estimate of drug-likeness (QED) is 0.658. The molecule has 0 radical (unpaired) electrons. The molecule has 1 heterocycles. The fourth-order valence-corrected chi connectivity index (χ4v) is 2.30. The maximum atomic E-state index is 10.9. The van der Waals surface area contributed by atoms with E-state index < -0.39 is 0 Å². The molecule has 0 saturated carbocycles. The Balaban J connectivity index is 2.68. The molecule has 2 aromatic rings. The van der Waals surface area contributed by atoms with E-state index in [4.69, 9.17) is 11.6 Å². The SMILES string of the molecule is Cc1ccc2sc(C(=O)Cl)cc2c1. The van der Waals surface area contributed by atoms with E-state index in [0.29, 0.717) is 4.88 Å². The van der Waals surface area contributed by atoms with Crippen molar-refractivity contribution in [3.8, 4) is 0 Å². The van der Waals surface area contributed by atoms with Crippen molar-refractivity contribution in [2.75, 3.05) is 0 Å². The van der Waals surface area contributed by atoms with Gasteiger partial charge in [-0.25, -0.2) is 0 Å². The van der Waals surface area contributed by atoms with Gasteiger partial charge in [0.25, 0.3) is 5.24 Å². The van der Waals surface area contributed by atoms with E-state index in [9.17, 15) is 4.79 Å². The molecule has 0 bridgehead atoms. The van der Waals surface area contributed by atoms with Gasteiger partial charge in [0.15, 0.2) is 0 Å². The number of hydrogen-bond donors (Lipinski definition) is 0. The van der Waals surface area contributed by atoms with Gasteiger partial charge >= 0.3 is 0 Å². The molecule has 66 valence electrons. The average Bonchev–Trinajstić information content (AvgIpc) is 2.46. The van der Waals surface area contributed by atoms with Crippen molar-refractivity contribution in [1.82, 2.24) is 0 Å². The molecule has 0 atom stereocenters. The van der Waals surface area contributed by atoms with Crippen LogP contribution < -0.4 is 0 Å². The number of carbonyl (C=O) groups excluding carboxylic acids is 1. The number of rotatable bonds is 1. The first-order chi connectivity index (χ1) is 6.16. The normalized spacial score (nSPS) is 10.6. The molecule has 1 aromatic carbocycles. The Bertz CT molecular complexity index is 473. The fraction of sp³-hybridized carbons (Fsp3) is 0.100. The lowest BCUT2D eigenvalue weighted by atomic mass is 10.2. The van der Waals surface area contributed by atoms with E-state index in [1.807, 2.05) is 25.1 Å². The summed E-state index contributed by atoms with van der Waals surface area (Å²) in [6.45, 7) is 2.03. The third-order valence-corrected chi connectivity index (χ3v) is 3.30. The van der Waals surface area contributed by atoms with Gasteiger partial charge in [0.2, 0.25) is 0 Å². The van der Waals surface area contributed by atoms with Gasteiger partial charge in [0.05, 0.1) is 4.88 Å². The minimum atomic E-state index is -0.376. The smallest absolute Gasteiger partial charge is 0.262 e. The average molecular weight is 211 g/mol. The van der Waals surface area contributed by atoms with Crippen LogP contribution in [-0.4, -0.2) is 5.24 Å². The van der Waals surface area contributed by atoms with Gasteiger partial charge in [-0.3, -0.25) is 4.79 Å². The van der Waals surface area contributed by atoms with Gasteiger partial charge < -0.3 is 0 Å². The number of benzene rings is 1. The molecule has 0 aliphatic carbocycles. The summed E-state index contributed by atoms with van der Waals surface area (Å²) in [4.78, 5) is 11.5. The van der Waals surface area contributed by atoms with Crippen molar-refractivity contribution in [3.05, 3.63) is 34.7 Å². The van der Waals surface area contributed by atoms with Gasteiger partial charge in [-0.1, -0.05) is 17.7 Å². The second-order valence-corrected chi connectivity index (χ2v) is 4.35. The van der Waals surface area contributed by atoms with E-state index in [1.54, 1.807) is 0 Å². The van der Waals surface area contributed by atoms with Crippen molar-refractivity contribution < 1.29 is 4.79 Å². The topological polar surface area (TPSA) is 17.1 Å². The molecule has 0 spiro atoms. The predicted molar refractivity (Wildman–Crippen MR) is 56.7 cm³/mol. The first-order valence-corrected chi connectivity index (χ1v) is 5.06. The number of halogens is 1. The third-order valence-electron chi connectivity index (χ3n) is 1.87. The highest BCUT2D eigenvalue weighted by Crippen LogP contribution is 2.27. The molecule has 13 heavy (non-hydrogen) atoms. The molecular formula is C10H7ClOS. The standard InChI is InChI=1S/C10H7ClOS/c1-6-2-3-8-7(4-6)5-9(13-8)10(11)12/h2-5H,1H3. The second-order valence-electron chi connectivity index (χ2n) is 2.93. The third kappa shape index (κ3) is 1.60.